The van der Waals surface area contributed by atoms with Crippen LogP contribution >= 0.6 is 0 Å². The van der Waals surface area contributed by atoms with Crippen LogP contribution in [-0.4, -0.2) is 103 Å². The lowest BCUT2D eigenvalue weighted by Gasteiger charge is -2.56. The van der Waals surface area contributed by atoms with Gasteiger partial charge in [0.25, 0.3) is 11.6 Å². The van der Waals surface area contributed by atoms with Crippen LogP contribution in [0.2, 0.25) is 0 Å². The van der Waals surface area contributed by atoms with E-state index in [-0.39, 0.29) is 63.0 Å². The molecule has 0 radical (unpaired) electrons. The van der Waals surface area contributed by atoms with Crippen LogP contribution in [0.25, 0.3) is 16.6 Å². The zero-order valence-electron chi connectivity index (χ0n) is 40.1. The van der Waals surface area contributed by atoms with Gasteiger partial charge in [-0.2, -0.15) is 4.98 Å². The van der Waals surface area contributed by atoms with E-state index in [0.717, 1.165) is 67.8 Å². The van der Waals surface area contributed by atoms with Crippen molar-refractivity contribution in [1.29, 1.82) is 0 Å². The quantitative estimate of drug-likeness (QED) is 0.0821. The second kappa shape index (κ2) is 17.9. The minimum atomic E-state index is -4.79. The Morgan fingerprint density at radius 2 is 1.81 bits per heavy atom. The number of aromatic nitrogens is 3. The molecule has 1 saturated carbocycles. The predicted molar refractivity (Wildman–Crippen MR) is 273 cm³/mol. The molecule has 3 saturated heterocycles. The van der Waals surface area contributed by atoms with Crippen LogP contribution < -0.4 is 30.3 Å². The Labute approximate surface area is 417 Å². The van der Waals surface area contributed by atoms with Crippen LogP contribution in [0.5, 0.6) is 11.6 Å². The van der Waals surface area contributed by atoms with Crippen molar-refractivity contribution in [2.45, 2.75) is 98.4 Å². The van der Waals surface area contributed by atoms with E-state index in [0.29, 0.717) is 61.6 Å². The number of allylic oxidation sites excluding steroid dienone is 1. The molecule has 3 aromatic carbocycles. The number of primary amides is 1. The molecular formula is C54H57N9O8S. The number of nitrogens with zero attached hydrogens (tertiary/aromatic N) is 6. The first-order valence-electron chi connectivity index (χ1n) is 25.0. The molecule has 0 unspecified atom stereocenters. The summed E-state index contributed by atoms with van der Waals surface area (Å²) in [4.78, 5) is 44.9. The van der Waals surface area contributed by atoms with Crippen LogP contribution in [0, 0.1) is 15.5 Å². The second-order valence-electron chi connectivity index (χ2n) is 20.4. The first-order valence-corrected chi connectivity index (χ1v) is 26.4. The SMILES string of the molecule is C=C(C)c1ccccc1[C@@H]1CCCN1C1CC2(CCN(c3ccc(C(N)=O)c(N4c5cc6cc[nH]c6nc5O[C@@H]5COCC[C@@H]54)c3S(=O)(=O)c3cc4c(c([N+](=O)[O-])c3)N[C@@H](Cc3ccccn3)CO4)CC2)C1. The molecule has 12 rings (SSSR count). The Morgan fingerprint density at radius 1 is 0.986 bits per heavy atom. The number of benzene rings is 3. The van der Waals surface area contributed by atoms with Crippen LogP contribution in [0.4, 0.5) is 28.4 Å². The van der Waals surface area contributed by atoms with E-state index in [1.165, 1.54) is 17.2 Å². The van der Waals surface area contributed by atoms with Gasteiger partial charge in [-0.3, -0.25) is 24.8 Å². The summed E-state index contributed by atoms with van der Waals surface area (Å²) in [5.74, 6) is -0.586. The number of aromatic amines is 1. The molecule has 372 valence electrons. The highest BCUT2D eigenvalue weighted by molar-refractivity contribution is 7.91. The Hall–Kier alpha value is -7.02. The van der Waals surface area contributed by atoms with Gasteiger partial charge in [-0.25, -0.2) is 8.42 Å². The highest BCUT2D eigenvalue weighted by atomic mass is 32.2. The Balaban J connectivity index is 0.947. The summed E-state index contributed by atoms with van der Waals surface area (Å²) in [6, 6.07) is 23.5. The number of ether oxygens (including phenoxy) is 3. The number of sulfone groups is 1. The molecule has 1 aliphatic carbocycles. The number of likely N-dealkylation sites (tertiary alicyclic amines) is 1. The third kappa shape index (κ3) is 7.90. The first kappa shape index (κ1) is 46.1. The number of anilines is 4. The fraction of sp³-hybridized carbons (Fsp3) is 0.389. The monoisotopic (exact) mass is 991 g/mol. The van der Waals surface area contributed by atoms with Gasteiger partial charge in [0.15, 0.2) is 11.4 Å². The summed E-state index contributed by atoms with van der Waals surface area (Å²) in [6.45, 7) is 9.15. The third-order valence-electron chi connectivity index (χ3n) is 16.1. The van der Waals surface area contributed by atoms with E-state index in [1.807, 2.05) is 35.2 Å². The van der Waals surface area contributed by atoms with Crippen molar-refractivity contribution < 1.29 is 32.3 Å². The molecular weight excluding hydrogens is 935 g/mol. The van der Waals surface area contributed by atoms with Crippen molar-refractivity contribution in [2.24, 2.45) is 11.1 Å². The van der Waals surface area contributed by atoms with Gasteiger partial charge in [0.1, 0.15) is 28.9 Å². The molecule has 4 fully saturated rings. The van der Waals surface area contributed by atoms with E-state index < -0.39 is 38.5 Å². The molecule has 1 amide bonds. The smallest absolute Gasteiger partial charge is 0.297 e. The molecule has 0 bridgehead atoms. The van der Waals surface area contributed by atoms with Gasteiger partial charge >= 0.3 is 0 Å². The molecule has 6 aliphatic rings. The first-order chi connectivity index (χ1) is 34.9. The van der Waals surface area contributed by atoms with Gasteiger partial charge in [0.05, 0.1) is 45.4 Å². The number of nitro benzene ring substituents is 1. The molecule has 5 aliphatic heterocycles. The molecule has 8 heterocycles. The lowest BCUT2D eigenvalue weighted by Crippen LogP contribution is -2.55. The number of fused-ring (bicyclic) bond motifs is 4. The average Bonchev–Trinajstić information content (AvgIpc) is 4.06. The maximum atomic E-state index is 16.1. The summed E-state index contributed by atoms with van der Waals surface area (Å²) < 4.78 is 50.9. The Kier molecular flexibility index (Phi) is 11.5. The minimum absolute atomic E-state index is 0.0253. The van der Waals surface area contributed by atoms with Crippen molar-refractivity contribution in [1.82, 2.24) is 19.9 Å². The fourth-order valence-corrected chi connectivity index (χ4v) is 14.3. The topological polar surface area (TPSA) is 211 Å². The third-order valence-corrected chi connectivity index (χ3v) is 17.9. The Morgan fingerprint density at radius 3 is 2.58 bits per heavy atom. The number of H-pyrrole nitrogens is 1. The van der Waals surface area contributed by atoms with E-state index >= 15 is 8.42 Å². The Bertz CT molecular complexity index is 3260. The molecule has 17 nitrogen and oxygen atoms in total. The summed E-state index contributed by atoms with van der Waals surface area (Å²) in [7, 11) is -4.79. The lowest BCUT2D eigenvalue weighted by molar-refractivity contribution is -0.384. The number of nitrogens with one attached hydrogen (secondary N) is 2. The van der Waals surface area contributed by atoms with Crippen LogP contribution in [-0.2, 0) is 21.0 Å². The molecule has 4 atom stereocenters. The molecule has 4 N–H and O–H groups in total. The van der Waals surface area contributed by atoms with Crippen molar-refractivity contribution in [3.8, 4) is 11.6 Å². The standard InChI is InChI=1S/C54H57N9O8S/c1-32(2)38-9-3-4-10-39(38)41-11-7-20-61(41)36-28-54(29-36)16-21-60(22-17-54)43-13-12-40(51(55)64)49(62-42-15-23-69-31-47(42)71-53-45(62)24-33-14-19-57-52(33)59-53)50(43)72(67,68)37-26-44(63(65)66)48-46(27-37)70-30-35(58-48)25-34-8-5-6-18-56-34/h3-6,8-10,12-14,18-19,24,26-27,35-36,41-42,47,58H,1,7,11,15-17,20-23,25,28-31H2,2H3,(H2,55,64)(H,57,59)/t35-,41-,42-,47+/m0/s1. The number of nitrogens with two attached hydrogens (primary N) is 1. The minimum Gasteiger partial charge on any atom is -0.489 e. The number of carbonyl (C=O) groups excluding carboxylic acids is 1. The number of hydrogen-bond acceptors (Lipinski definition) is 14. The van der Waals surface area contributed by atoms with Gasteiger partial charge in [0.2, 0.25) is 15.7 Å². The van der Waals surface area contributed by atoms with Gasteiger partial charge in [0, 0.05) is 73.8 Å². The zero-order chi connectivity index (χ0) is 49.5. The molecule has 1 spiro atoms. The lowest BCUT2D eigenvalue weighted by atomic mass is 9.59. The van der Waals surface area contributed by atoms with Crippen molar-refractivity contribution in [3.63, 3.8) is 0 Å². The largest absolute Gasteiger partial charge is 0.489 e. The number of hydrogen-bond donors (Lipinski definition) is 3. The second-order valence-corrected chi connectivity index (χ2v) is 22.3. The predicted octanol–water partition coefficient (Wildman–Crippen LogP) is 8.52. The summed E-state index contributed by atoms with van der Waals surface area (Å²) in [5.41, 5.74) is 11.8. The fourth-order valence-electron chi connectivity index (χ4n) is 12.6. The van der Waals surface area contributed by atoms with Gasteiger partial charge in [-0.15, -0.1) is 0 Å². The van der Waals surface area contributed by atoms with E-state index in [1.54, 1.807) is 24.5 Å². The van der Waals surface area contributed by atoms with E-state index in [9.17, 15) is 14.9 Å². The zero-order valence-corrected chi connectivity index (χ0v) is 40.9. The summed E-state index contributed by atoms with van der Waals surface area (Å²) in [6.07, 6.45) is 9.70. The molecule has 6 aromatic rings. The number of rotatable bonds is 11. The van der Waals surface area contributed by atoms with Gasteiger partial charge in [-0.1, -0.05) is 42.5 Å². The van der Waals surface area contributed by atoms with Crippen molar-refractivity contribution >= 4 is 60.8 Å². The maximum Gasteiger partial charge on any atom is 0.297 e. The van der Waals surface area contributed by atoms with Crippen molar-refractivity contribution in [2.75, 3.05) is 54.6 Å². The van der Waals surface area contributed by atoms with Gasteiger partial charge < -0.3 is 40.0 Å². The highest BCUT2D eigenvalue weighted by Crippen LogP contribution is 2.56. The highest BCUT2D eigenvalue weighted by Gasteiger charge is 2.51. The van der Waals surface area contributed by atoms with Crippen LogP contribution in [0.1, 0.15) is 85.1 Å². The van der Waals surface area contributed by atoms with Crippen molar-refractivity contribution in [3.05, 3.63) is 130 Å². The molecule has 3 aromatic heterocycles. The maximum absolute atomic E-state index is 16.1. The van der Waals surface area contributed by atoms with Gasteiger partial charge in [-0.05, 0) is 111 Å². The number of pyridine rings is 2. The van der Waals surface area contributed by atoms with Crippen LogP contribution in [0.3, 0.4) is 0 Å². The number of carbonyl (C=O) groups is 1. The average molecular weight is 992 g/mol. The van der Waals surface area contributed by atoms with E-state index in [2.05, 4.69) is 62.9 Å². The van der Waals surface area contributed by atoms with E-state index in [4.69, 9.17) is 24.9 Å². The number of piperidine rings is 1. The molecule has 18 heteroatoms. The summed E-state index contributed by atoms with van der Waals surface area (Å²) in [5, 5.41) is 17.0. The summed E-state index contributed by atoms with van der Waals surface area (Å²) >= 11 is 0. The number of amides is 1. The van der Waals surface area contributed by atoms with Crippen LogP contribution in [0.15, 0.2) is 108 Å². The molecule has 72 heavy (non-hydrogen) atoms. The number of nitro groups is 1. The normalized spacial score (nSPS) is 22.7.